The molecular weight excluding hydrogens is 196 g/mol. The van der Waals surface area contributed by atoms with E-state index in [4.69, 9.17) is 0 Å². The van der Waals surface area contributed by atoms with E-state index in [1.165, 1.54) is 13.0 Å². The summed E-state index contributed by atoms with van der Waals surface area (Å²) in [5, 5.41) is 3.25. The zero-order valence-corrected chi connectivity index (χ0v) is 12.5. The summed E-state index contributed by atoms with van der Waals surface area (Å²) in [7, 11) is 0. The summed E-state index contributed by atoms with van der Waals surface area (Å²) < 4.78 is 0. The monoisotopic (exact) mass is 211 g/mol. The van der Waals surface area contributed by atoms with Gasteiger partial charge in [0.2, 0.25) is 0 Å². The molecule has 0 bridgehead atoms. The van der Waals surface area contributed by atoms with Gasteiger partial charge >= 0.3 is 58.2 Å². The Morgan fingerprint density at radius 3 is 2.20 bits per heavy atom. The second-order valence-corrected chi connectivity index (χ2v) is 3.91. The molecule has 1 aliphatic rings. The van der Waals surface area contributed by atoms with Crippen LogP contribution < -0.4 is 63.5 Å². The van der Waals surface area contributed by atoms with Crippen LogP contribution in [0.2, 0.25) is 0 Å². The molecule has 0 aliphatic carbocycles. The SMILES string of the molecule is CC(C)(C)C1C[CH-]NC1.[Rb+]. The van der Waals surface area contributed by atoms with Crippen molar-refractivity contribution in [2.24, 2.45) is 11.3 Å². The molecular formula is C8H16NRb. The normalized spacial score (nSPS) is 26.1. The molecule has 1 rings (SSSR count). The van der Waals surface area contributed by atoms with E-state index in [0.29, 0.717) is 5.41 Å². The largest absolute Gasteiger partial charge is 1.00 e. The van der Waals surface area contributed by atoms with Crippen molar-refractivity contribution in [2.75, 3.05) is 6.54 Å². The van der Waals surface area contributed by atoms with Crippen LogP contribution in [0, 0.1) is 17.9 Å². The number of hydrogen-bond donors (Lipinski definition) is 1. The van der Waals surface area contributed by atoms with Gasteiger partial charge in [-0.2, -0.15) is 6.42 Å². The Hall–Kier alpha value is 1.77. The number of hydrogen-bond acceptors (Lipinski definition) is 1. The maximum atomic E-state index is 3.25. The Bertz CT molecular complexity index is 89.9. The van der Waals surface area contributed by atoms with Gasteiger partial charge in [0.05, 0.1) is 0 Å². The van der Waals surface area contributed by atoms with Gasteiger partial charge in [-0.1, -0.05) is 26.7 Å². The fourth-order valence-electron chi connectivity index (χ4n) is 1.19. The van der Waals surface area contributed by atoms with Crippen molar-refractivity contribution in [1.29, 1.82) is 0 Å². The van der Waals surface area contributed by atoms with Gasteiger partial charge in [-0.25, -0.2) is 0 Å². The molecule has 1 nitrogen and oxygen atoms in total. The molecule has 1 aliphatic heterocycles. The summed E-state index contributed by atoms with van der Waals surface area (Å²) in [5.74, 6) is 0.845. The molecule has 1 N–H and O–H groups in total. The summed E-state index contributed by atoms with van der Waals surface area (Å²) in [4.78, 5) is 0. The quantitative estimate of drug-likeness (QED) is 0.497. The average Bonchev–Trinajstić information content (AvgIpc) is 2.08. The second kappa shape index (κ2) is 4.71. The molecule has 0 aromatic carbocycles. The minimum Gasteiger partial charge on any atom is -0.470 e. The molecule has 1 saturated heterocycles. The zero-order chi connectivity index (χ0) is 6.91. The van der Waals surface area contributed by atoms with Crippen LogP contribution in [0.4, 0.5) is 0 Å². The van der Waals surface area contributed by atoms with Crippen LogP contribution in [0.1, 0.15) is 27.2 Å². The van der Waals surface area contributed by atoms with Crippen LogP contribution in [0.3, 0.4) is 0 Å². The summed E-state index contributed by atoms with van der Waals surface area (Å²) in [5.41, 5.74) is 0.486. The average molecular weight is 212 g/mol. The molecule has 1 atom stereocenters. The topological polar surface area (TPSA) is 12.0 Å². The first-order valence-corrected chi connectivity index (χ1v) is 3.66. The van der Waals surface area contributed by atoms with Crippen molar-refractivity contribution >= 4 is 0 Å². The molecule has 0 aromatic rings. The molecule has 0 spiro atoms. The summed E-state index contributed by atoms with van der Waals surface area (Å²) in [6.07, 6.45) is 1.24. The smallest absolute Gasteiger partial charge is 0.470 e. The van der Waals surface area contributed by atoms with Gasteiger partial charge in [-0.05, 0) is 12.0 Å². The van der Waals surface area contributed by atoms with Crippen LogP contribution in [0.15, 0.2) is 0 Å². The summed E-state index contributed by atoms with van der Waals surface area (Å²) in [6, 6.07) is 0. The molecule has 0 radical (unpaired) electrons. The van der Waals surface area contributed by atoms with Gasteiger partial charge in [0, 0.05) is 0 Å². The Morgan fingerprint density at radius 2 is 2.00 bits per heavy atom. The predicted octanol–water partition coefficient (Wildman–Crippen LogP) is -1.19. The van der Waals surface area contributed by atoms with Gasteiger partial charge in [-0.15, -0.1) is 0 Å². The standard InChI is InChI=1S/C8H16N.Rb/c1-8(2,3)7-4-5-9-6-7;/h5,7,9H,4,6H2,1-3H3;/q-1;+1. The van der Waals surface area contributed by atoms with Gasteiger partial charge in [-0.3, -0.25) is 6.54 Å². The number of nitrogens with one attached hydrogen (secondary N) is 1. The van der Waals surface area contributed by atoms with Crippen molar-refractivity contribution in [3.8, 4) is 0 Å². The maximum absolute atomic E-state index is 3.25. The Balaban J connectivity index is 0.000000810. The predicted molar refractivity (Wildman–Crippen MR) is 39.9 cm³/mol. The van der Waals surface area contributed by atoms with E-state index in [-0.39, 0.29) is 58.2 Å². The maximum Gasteiger partial charge on any atom is 1.00 e. The minimum absolute atomic E-state index is 0. The second-order valence-electron chi connectivity index (χ2n) is 3.91. The van der Waals surface area contributed by atoms with Crippen LogP contribution in [0.25, 0.3) is 0 Å². The molecule has 10 heavy (non-hydrogen) atoms. The minimum atomic E-state index is 0. The fourth-order valence-corrected chi connectivity index (χ4v) is 1.19. The van der Waals surface area contributed by atoms with E-state index < -0.39 is 0 Å². The van der Waals surface area contributed by atoms with Crippen molar-refractivity contribution in [1.82, 2.24) is 5.32 Å². The third-order valence-corrected chi connectivity index (χ3v) is 2.14. The molecule has 1 heterocycles. The van der Waals surface area contributed by atoms with Crippen LogP contribution in [-0.4, -0.2) is 6.54 Å². The first kappa shape index (κ1) is 11.8. The first-order chi connectivity index (χ1) is 4.11. The van der Waals surface area contributed by atoms with E-state index in [2.05, 4.69) is 32.6 Å². The molecule has 1 fully saturated rings. The van der Waals surface area contributed by atoms with Crippen molar-refractivity contribution < 1.29 is 58.2 Å². The number of rotatable bonds is 0. The van der Waals surface area contributed by atoms with E-state index in [0.717, 1.165) is 5.92 Å². The Labute approximate surface area is 113 Å². The third-order valence-electron chi connectivity index (χ3n) is 2.14. The van der Waals surface area contributed by atoms with Gasteiger partial charge in [0.25, 0.3) is 0 Å². The van der Waals surface area contributed by atoms with Gasteiger partial charge in [0.15, 0.2) is 0 Å². The van der Waals surface area contributed by atoms with Crippen LogP contribution in [-0.2, 0) is 0 Å². The molecule has 1 unspecified atom stereocenters. The summed E-state index contributed by atoms with van der Waals surface area (Å²) >= 11 is 0. The van der Waals surface area contributed by atoms with Crippen LogP contribution in [0.5, 0.6) is 0 Å². The van der Waals surface area contributed by atoms with Crippen molar-refractivity contribution in [2.45, 2.75) is 27.2 Å². The van der Waals surface area contributed by atoms with Crippen molar-refractivity contribution in [3.63, 3.8) is 0 Å². The molecule has 0 amide bonds. The van der Waals surface area contributed by atoms with E-state index in [9.17, 15) is 0 Å². The molecule has 0 aromatic heterocycles. The van der Waals surface area contributed by atoms with E-state index >= 15 is 0 Å². The Morgan fingerprint density at radius 1 is 1.40 bits per heavy atom. The van der Waals surface area contributed by atoms with Crippen LogP contribution >= 0.6 is 0 Å². The first-order valence-electron chi connectivity index (χ1n) is 3.66. The molecule has 2 heteroatoms. The van der Waals surface area contributed by atoms with E-state index in [1.54, 1.807) is 0 Å². The molecule has 54 valence electrons. The fraction of sp³-hybridized carbons (Fsp3) is 0.875. The van der Waals surface area contributed by atoms with E-state index in [1.807, 2.05) is 0 Å². The summed E-state index contributed by atoms with van der Waals surface area (Å²) in [6.45, 7) is 10.3. The third kappa shape index (κ3) is 3.44. The molecule has 0 saturated carbocycles. The zero-order valence-electron chi connectivity index (χ0n) is 7.57. The van der Waals surface area contributed by atoms with Gasteiger partial charge in [0.1, 0.15) is 0 Å². The Kier molecular flexibility index (Phi) is 5.54. The van der Waals surface area contributed by atoms with Crippen molar-refractivity contribution in [3.05, 3.63) is 6.54 Å². The van der Waals surface area contributed by atoms with Gasteiger partial charge < -0.3 is 5.32 Å².